The smallest absolute Gasteiger partial charge is 0.224 e. The number of likely N-dealkylation sites (tertiary alicyclic amines) is 1. The van der Waals surface area contributed by atoms with Gasteiger partial charge in [0.1, 0.15) is 28.8 Å². The van der Waals surface area contributed by atoms with Gasteiger partial charge in [-0.25, -0.2) is 9.97 Å². The van der Waals surface area contributed by atoms with Gasteiger partial charge in [0.15, 0.2) is 0 Å². The topological polar surface area (TPSA) is 63.3 Å². The van der Waals surface area contributed by atoms with Crippen molar-refractivity contribution in [2.75, 3.05) is 20.2 Å². The number of piperidine rings is 1. The SMILES string of the molecule is COc1ncc(Br)cc1-c1nc2c([nH]1)C=CC(N1CCC(OI)CC1)C2. The maximum absolute atomic E-state index is 5.45. The third-order valence-corrected chi connectivity index (χ3v) is 6.19. The zero-order chi connectivity index (χ0) is 18.1. The second-order valence-corrected chi connectivity index (χ2v) is 8.04. The van der Waals surface area contributed by atoms with E-state index in [1.807, 2.05) is 29.1 Å². The molecule has 1 saturated heterocycles. The zero-order valence-corrected chi connectivity index (χ0v) is 18.2. The molecule has 0 saturated carbocycles. The summed E-state index contributed by atoms with van der Waals surface area (Å²) in [6.45, 7) is 2.14. The van der Waals surface area contributed by atoms with Gasteiger partial charge in [-0.3, -0.25) is 4.90 Å². The number of methoxy groups -OCH3 is 1. The molecule has 6 nitrogen and oxygen atoms in total. The van der Waals surface area contributed by atoms with Gasteiger partial charge < -0.3 is 12.8 Å². The highest BCUT2D eigenvalue weighted by atomic mass is 127. The lowest BCUT2D eigenvalue weighted by Crippen LogP contribution is -2.43. The lowest BCUT2D eigenvalue weighted by Gasteiger charge is -2.36. The molecule has 0 aromatic carbocycles. The van der Waals surface area contributed by atoms with Crippen molar-refractivity contribution >= 4 is 45.0 Å². The number of nitrogens with one attached hydrogen (secondary N) is 1. The number of imidazole rings is 1. The highest BCUT2D eigenvalue weighted by Gasteiger charge is 2.27. The first-order valence-electron chi connectivity index (χ1n) is 8.66. The Morgan fingerprint density at radius 2 is 2.15 bits per heavy atom. The largest absolute Gasteiger partial charge is 0.480 e. The average molecular weight is 531 g/mol. The summed E-state index contributed by atoms with van der Waals surface area (Å²) in [5.74, 6) is 1.36. The molecule has 26 heavy (non-hydrogen) atoms. The molecule has 0 spiro atoms. The Morgan fingerprint density at radius 3 is 2.88 bits per heavy atom. The molecule has 0 amide bonds. The molecular weight excluding hydrogens is 511 g/mol. The summed E-state index contributed by atoms with van der Waals surface area (Å²) in [5, 5.41) is 0. The van der Waals surface area contributed by atoms with Gasteiger partial charge in [0.2, 0.25) is 5.88 Å². The van der Waals surface area contributed by atoms with Gasteiger partial charge in [-0.2, -0.15) is 0 Å². The molecule has 0 radical (unpaired) electrons. The van der Waals surface area contributed by atoms with Crippen LogP contribution in [0.3, 0.4) is 0 Å². The Labute approximate surface area is 175 Å². The van der Waals surface area contributed by atoms with E-state index >= 15 is 0 Å². The third-order valence-electron chi connectivity index (χ3n) is 5.04. The number of nitrogens with zero attached hydrogens (tertiary/aromatic N) is 3. The van der Waals surface area contributed by atoms with E-state index in [9.17, 15) is 0 Å². The fourth-order valence-corrected chi connectivity index (χ4v) is 4.46. The average Bonchev–Trinajstić information content (AvgIpc) is 3.11. The summed E-state index contributed by atoms with van der Waals surface area (Å²) in [6.07, 6.45) is 9.65. The summed E-state index contributed by atoms with van der Waals surface area (Å²) >= 11 is 5.50. The van der Waals surface area contributed by atoms with E-state index in [0.717, 1.165) is 59.6 Å². The number of ether oxygens (including phenoxy) is 1. The number of rotatable bonds is 4. The highest BCUT2D eigenvalue weighted by Crippen LogP contribution is 2.31. The van der Waals surface area contributed by atoms with E-state index in [2.05, 4.69) is 42.9 Å². The molecule has 1 atom stereocenters. The minimum absolute atomic E-state index is 0.392. The second-order valence-electron chi connectivity index (χ2n) is 6.61. The predicted molar refractivity (Wildman–Crippen MR) is 112 cm³/mol. The zero-order valence-electron chi connectivity index (χ0n) is 14.4. The van der Waals surface area contributed by atoms with Crippen LogP contribution in [0.25, 0.3) is 17.5 Å². The fourth-order valence-electron chi connectivity index (χ4n) is 3.62. The number of pyridine rings is 1. The number of fused-ring (bicyclic) bond motifs is 1. The summed E-state index contributed by atoms with van der Waals surface area (Å²) in [5.41, 5.74) is 3.03. The lowest BCUT2D eigenvalue weighted by molar-refractivity contribution is 0.114. The molecule has 1 aliphatic heterocycles. The first-order valence-corrected chi connectivity index (χ1v) is 10.3. The van der Waals surface area contributed by atoms with Crippen LogP contribution in [0.2, 0.25) is 0 Å². The van der Waals surface area contributed by atoms with Crippen molar-refractivity contribution in [3.05, 3.63) is 34.2 Å². The van der Waals surface area contributed by atoms with E-state index in [1.54, 1.807) is 13.3 Å². The van der Waals surface area contributed by atoms with Gasteiger partial charge in [0.25, 0.3) is 0 Å². The molecule has 138 valence electrons. The van der Waals surface area contributed by atoms with Crippen molar-refractivity contribution in [3.8, 4) is 17.3 Å². The molecule has 8 heteroatoms. The van der Waals surface area contributed by atoms with Gasteiger partial charge in [-0.05, 0) is 40.9 Å². The molecule has 1 fully saturated rings. The summed E-state index contributed by atoms with van der Waals surface area (Å²) in [7, 11) is 1.63. The fraction of sp³-hybridized carbons (Fsp3) is 0.444. The number of aromatic amines is 1. The number of aromatic nitrogens is 3. The quantitative estimate of drug-likeness (QED) is 0.605. The first-order chi connectivity index (χ1) is 12.7. The monoisotopic (exact) mass is 530 g/mol. The van der Waals surface area contributed by atoms with Crippen LogP contribution in [0.5, 0.6) is 5.88 Å². The van der Waals surface area contributed by atoms with Crippen molar-refractivity contribution in [1.82, 2.24) is 19.9 Å². The minimum Gasteiger partial charge on any atom is -0.480 e. The van der Waals surface area contributed by atoms with E-state index in [-0.39, 0.29) is 0 Å². The predicted octanol–water partition coefficient (Wildman–Crippen LogP) is 4.01. The molecular formula is C18H20BrIN4O2. The van der Waals surface area contributed by atoms with Crippen LogP contribution in [0.1, 0.15) is 24.2 Å². The van der Waals surface area contributed by atoms with Crippen LogP contribution < -0.4 is 4.74 Å². The van der Waals surface area contributed by atoms with Crippen molar-refractivity contribution in [2.45, 2.75) is 31.4 Å². The molecule has 1 unspecified atom stereocenters. The standard InChI is InChI=1S/C18H20BrIN4O2/c1-25-18-14(8-11(19)10-21-18)17-22-15-3-2-12(9-16(15)23-17)24-6-4-13(26-20)5-7-24/h2-3,8,10,12-13H,4-7,9H2,1H3,(H,22,23). The van der Waals surface area contributed by atoms with E-state index in [0.29, 0.717) is 18.0 Å². The molecule has 2 aromatic heterocycles. The molecule has 3 heterocycles. The minimum atomic E-state index is 0.392. The summed E-state index contributed by atoms with van der Waals surface area (Å²) in [4.78, 5) is 15.1. The normalized spacial score (nSPS) is 21.0. The van der Waals surface area contributed by atoms with E-state index in [4.69, 9.17) is 12.8 Å². The van der Waals surface area contributed by atoms with Crippen molar-refractivity contribution < 1.29 is 7.80 Å². The van der Waals surface area contributed by atoms with Crippen molar-refractivity contribution in [3.63, 3.8) is 0 Å². The molecule has 2 aliphatic rings. The first kappa shape index (κ1) is 18.4. The van der Waals surface area contributed by atoms with Crippen LogP contribution in [0.15, 0.2) is 22.8 Å². The van der Waals surface area contributed by atoms with Crippen LogP contribution in [0, 0.1) is 0 Å². The van der Waals surface area contributed by atoms with Crippen molar-refractivity contribution in [2.24, 2.45) is 0 Å². The van der Waals surface area contributed by atoms with Gasteiger partial charge in [0, 0.05) is 36.2 Å². The molecule has 1 N–H and O–H groups in total. The third kappa shape index (κ3) is 3.69. The van der Waals surface area contributed by atoms with Crippen LogP contribution in [0.4, 0.5) is 0 Å². The van der Waals surface area contributed by atoms with E-state index in [1.165, 1.54) is 0 Å². The Balaban J connectivity index is 1.54. The second kappa shape index (κ2) is 7.95. The maximum Gasteiger partial charge on any atom is 0.224 e. The molecule has 2 aromatic rings. The molecule has 0 bridgehead atoms. The highest BCUT2D eigenvalue weighted by molar-refractivity contribution is 14.1. The summed E-state index contributed by atoms with van der Waals surface area (Å²) in [6, 6.07) is 2.38. The maximum atomic E-state index is 5.45. The van der Waals surface area contributed by atoms with Gasteiger partial charge in [-0.15, -0.1) is 0 Å². The Morgan fingerprint density at radius 1 is 1.35 bits per heavy atom. The summed E-state index contributed by atoms with van der Waals surface area (Å²) < 4.78 is 11.7. The Hall–Kier alpha value is -0.970. The Bertz CT molecular complexity index is 818. The van der Waals surface area contributed by atoms with Crippen molar-refractivity contribution in [1.29, 1.82) is 0 Å². The Kier molecular flexibility index (Phi) is 5.63. The molecule has 4 rings (SSSR count). The number of halogens is 2. The van der Waals surface area contributed by atoms with Gasteiger partial charge >= 0.3 is 0 Å². The number of H-pyrrole nitrogens is 1. The van der Waals surface area contributed by atoms with Crippen LogP contribution >= 0.6 is 38.9 Å². The van der Waals surface area contributed by atoms with Gasteiger partial charge in [0.05, 0.1) is 30.2 Å². The number of hydrogen-bond acceptors (Lipinski definition) is 5. The number of hydrogen-bond donors (Lipinski definition) is 1. The van der Waals surface area contributed by atoms with Gasteiger partial charge in [-0.1, -0.05) is 6.08 Å². The lowest BCUT2D eigenvalue weighted by atomic mass is 9.98. The van der Waals surface area contributed by atoms with Crippen LogP contribution in [-0.2, 0) is 9.49 Å². The molecule has 1 aliphatic carbocycles. The van der Waals surface area contributed by atoms with E-state index < -0.39 is 0 Å². The van der Waals surface area contributed by atoms with Crippen LogP contribution in [-0.4, -0.2) is 52.2 Å².